The van der Waals surface area contributed by atoms with E-state index in [1.807, 2.05) is 0 Å². The highest BCUT2D eigenvalue weighted by Gasteiger charge is 2.22. The summed E-state index contributed by atoms with van der Waals surface area (Å²) in [6, 6.07) is 17.1. The van der Waals surface area contributed by atoms with Crippen LogP contribution in [0.4, 0.5) is 5.82 Å². The molecular formula is C20H20IN3. The van der Waals surface area contributed by atoms with Crippen LogP contribution in [0.25, 0.3) is 16.9 Å². The SMILES string of the molecule is Cc1ccccc1-c1nn(-c2ccc(I)cc2)c2c1CCCCN2. The van der Waals surface area contributed by atoms with Gasteiger partial charge in [-0.2, -0.15) is 5.10 Å². The van der Waals surface area contributed by atoms with Crippen molar-refractivity contribution in [1.29, 1.82) is 0 Å². The van der Waals surface area contributed by atoms with Crippen LogP contribution in [0, 0.1) is 10.5 Å². The van der Waals surface area contributed by atoms with Gasteiger partial charge in [-0.15, -0.1) is 0 Å². The van der Waals surface area contributed by atoms with Gasteiger partial charge in [0.25, 0.3) is 0 Å². The number of rotatable bonds is 2. The first-order valence-electron chi connectivity index (χ1n) is 8.42. The summed E-state index contributed by atoms with van der Waals surface area (Å²) in [5.74, 6) is 1.16. The number of anilines is 1. The first-order valence-corrected chi connectivity index (χ1v) is 9.49. The van der Waals surface area contributed by atoms with Crippen molar-refractivity contribution in [2.24, 2.45) is 0 Å². The van der Waals surface area contributed by atoms with Crippen LogP contribution < -0.4 is 5.32 Å². The molecule has 2 heterocycles. The molecule has 24 heavy (non-hydrogen) atoms. The van der Waals surface area contributed by atoms with Crippen LogP contribution in [0.5, 0.6) is 0 Å². The Kier molecular flexibility index (Phi) is 4.31. The zero-order valence-electron chi connectivity index (χ0n) is 13.7. The average Bonchev–Trinajstić information content (AvgIpc) is 2.78. The standard InChI is InChI=1S/C20H20IN3/c1-14-6-2-3-7-17(14)19-18-8-4-5-13-22-20(18)24(23-19)16-11-9-15(21)10-12-16/h2-3,6-7,9-12,22H,4-5,8,13H2,1H3. The van der Waals surface area contributed by atoms with Gasteiger partial charge in [0.15, 0.2) is 0 Å². The van der Waals surface area contributed by atoms with Crippen molar-refractivity contribution in [2.75, 3.05) is 11.9 Å². The number of aryl methyl sites for hydroxylation is 1. The number of halogens is 1. The Bertz CT molecular complexity index is 865. The van der Waals surface area contributed by atoms with Crippen molar-refractivity contribution in [3.05, 3.63) is 63.2 Å². The van der Waals surface area contributed by atoms with Crippen molar-refractivity contribution in [2.45, 2.75) is 26.2 Å². The van der Waals surface area contributed by atoms with Crippen LogP contribution >= 0.6 is 22.6 Å². The Labute approximate surface area is 156 Å². The highest BCUT2D eigenvalue weighted by Crippen LogP contribution is 2.35. The van der Waals surface area contributed by atoms with Gasteiger partial charge in [-0.25, -0.2) is 4.68 Å². The highest BCUT2D eigenvalue weighted by molar-refractivity contribution is 14.1. The molecule has 1 aliphatic rings. The van der Waals surface area contributed by atoms with Crippen molar-refractivity contribution in [3.8, 4) is 16.9 Å². The second-order valence-corrected chi connectivity index (χ2v) is 7.51. The van der Waals surface area contributed by atoms with Gasteiger partial charge in [0.05, 0.1) is 11.4 Å². The molecule has 0 amide bonds. The fourth-order valence-corrected chi connectivity index (χ4v) is 3.69. The Balaban J connectivity index is 1.92. The Hall–Kier alpha value is -1.82. The smallest absolute Gasteiger partial charge is 0.133 e. The van der Waals surface area contributed by atoms with Crippen molar-refractivity contribution >= 4 is 28.4 Å². The number of nitrogens with zero attached hydrogens (tertiary/aromatic N) is 2. The molecule has 1 aliphatic heterocycles. The number of aromatic nitrogens is 2. The van der Waals surface area contributed by atoms with E-state index in [2.05, 4.69) is 88.0 Å². The molecule has 0 spiro atoms. The molecule has 4 rings (SSSR count). The lowest BCUT2D eigenvalue weighted by Crippen LogP contribution is -2.07. The van der Waals surface area contributed by atoms with Crippen molar-refractivity contribution in [1.82, 2.24) is 9.78 Å². The van der Waals surface area contributed by atoms with Gasteiger partial charge in [-0.3, -0.25) is 0 Å². The third-order valence-corrected chi connectivity index (χ3v) is 5.32. The van der Waals surface area contributed by atoms with Crippen LogP contribution in [0.1, 0.15) is 24.0 Å². The third-order valence-electron chi connectivity index (χ3n) is 4.60. The molecule has 0 aliphatic carbocycles. The second kappa shape index (κ2) is 6.59. The van der Waals surface area contributed by atoms with Crippen molar-refractivity contribution in [3.63, 3.8) is 0 Å². The normalized spacial score (nSPS) is 13.9. The Morgan fingerprint density at radius 2 is 1.83 bits per heavy atom. The maximum absolute atomic E-state index is 5.02. The number of fused-ring (bicyclic) bond motifs is 1. The van der Waals surface area contributed by atoms with Gasteiger partial charge in [-0.1, -0.05) is 24.3 Å². The average molecular weight is 429 g/mol. The van der Waals surface area contributed by atoms with E-state index in [0.717, 1.165) is 30.2 Å². The zero-order chi connectivity index (χ0) is 16.5. The van der Waals surface area contributed by atoms with E-state index in [4.69, 9.17) is 5.10 Å². The van der Waals surface area contributed by atoms with Crippen molar-refractivity contribution < 1.29 is 0 Å². The van der Waals surface area contributed by atoms with E-state index >= 15 is 0 Å². The van der Waals surface area contributed by atoms with Gasteiger partial charge < -0.3 is 5.32 Å². The summed E-state index contributed by atoms with van der Waals surface area (Å²) in [6.07, 6.45) is 3.49. The minimum absolute atomic E-state index is 1.01. The van der Waals surface area contributed by atoms with E-state index in [1.165, 1.54) is 33.1 Å². The molecule has 2 aromatic carbocycles. The largest absolute Gasteiger partial charge is 0.370 e. The first kappa shape index (κ1) is 15.7. The number of nitrogens with one attached hydrogen (secondary N) is 1. The van der Waals surface area contributed by atoms with Gasteiger partial charge in [-0.05, 0) is 78.6 Å². The lowest BCUT2D eigenvalue weighted by Gasteiger charge is -2.09. The summed E-state index contributed by atoms with van der Waals surface area (Å²) in [5.41, 5.74) is 6.09. The quantitative estimate of drug-likeness (QED) is 0.568. The summed E-state index contributed by atoms with van der Waals surface area (Å²) in [4.78, 5) is 0. The Morgan fingerprint density at radius 3 is 2.62 bits per heavy atom. The number of hydrogen-bond acceptors (Lipinski definition) is 2. The maximum Gasteiger partial charge on any atom is 0.133 e. The summed E-state index contributed by atoms with van der Waals surface area (Å²) < 4.78 is 3.32. The minimum Gasteiger partial charge on any atom is -0.370 e. The fourth-order valence-electron chi connectivity index (χ4n) is 3.33. The lowest BCUT2D eigenvalue weighted by molar-refractivity contribution is 0.780. The number of benzene rings is 2. The van der Waals surface area contributed by atoms with Gasteiger partial charge >= 0.3 is 0 Å². The van der Waals surface area contributed by atoms with Gasteiger partial charge in [0, 0.05) is 21.2 Å². The molecule has 122 valence electrons. The van der Waals surface area contributed by atoms with Crippen LogP contribution in [-0.4, -0.2) is 16.3 Å². The molecule has 1 aromatic heterocycles. The van der Waals surface area contributed by atoms with Crippen LogP contribution in [-0.2, 0) is 6.42 Å². The van der Waals surface area contributed by atoms with E-state index in [9.17, 15) is 0 Å². The topological polar surface area (TPSA) is 29.9 Å². The maximum atomic E-state index is 5.02. The Morgan fingerprint density at radius 1 is 1.04 bits per heavy atom. The lowest BCUT2D eigenvalue weighted by atomic mass is 10.00. The summed E-state index contributed by atoms with van der Waals surface area (Å²) >= 11 is 2.34. The van der Waals surface area contributed by atoms with E-state index < -0.39 is 0 Å². The van der Waals surface area contributed by atoms with E-state index in [-0.39, 0.29) is 0 Å². The molecule has 0 saturated carbocycles. The molecule has 0 saturated heterocycles. The van der Waals surface area contributed by atoms with Gasteiger partial charge in [0.2, 0.25) is 0 Å². The molecule has 3 aromatic rings. The minimum atomic E-state index is 1.01. The van der Waals surface area contributed by atoms with Gasteiger partial charge in [0.1, 0.15) is 5.82 Å². The molecule has 0 fully saturated rings. The number of hydrogen-bond donors (Lipinski definition) is 1. The highest BCUT2D eigenvalue weighted by atomic mass is 127. The molecule has 1 N–H and O–H groups in total. The first-order chi connectivity index (χ1) is 11.7. The molecule has 0 bridgehead atoms. The second-order valence-electron chi connectivity index (χ2n) is 6.26. The molecule has 0 unspecified atom stereocenters. The predicted octanol–water partition coefficient (Wildman–Crippen LogP) is 5.20. The molecule has 0 atom stereocenters. The van der Waals surface area contributed by atoms with E-state index in [0.29, 0.717) is 0 Å². The summed E-state index contributed by atoms with van der Waals surface area (Å²) in [5, 5.41) is 8.63. The van der Waals surface area contributed by atoms with Crippen LogP contribution in [0.2, 0.25) is 0 Å². The molecule has 4 heteroatoms. The predicted molar refractivity (Wildman–Crippen MR) is 108 cm³/mol. The molecular weight excluding hydrogens is 409 g/mol. The van der Waals surface area contributed by atoms with Crippen LogP contribution in [0.15, 0.2) is 48.5 Å². The van der Waals surface area contributed by atoms with Crippen LogP contribution in [0.3, 0.4) is 0 Å². The molecule has 3 nitrogen and oxygen atoms in total. The third kappa shape index (κ3) is 2.83. The molecule has 0 radical (unpaired) electrons. The summed E-state index contributed by atoms with van der Waals surface area (Å²) in [7, 11) is 0. The summed E-state index contributed by atoms with van der Waals surface area (Å²) in [6.45, 7) is 3.17. The van der Waals surface area contributed by atoms with E-state index in [1.54, 1.807) is 0 Å². The fraction of sp³-hybridized carbons (Fsp3) is 0.250. The monoisotopic (exact) mass is 429 g/mol. The zero-order valence-corrected chi connectivity index (χ0v) is 15.9.